The Hall–Kier alpha value is -3.56. The highest BCUT2D eigenvalue weighted by atomic mass is 19.4. The molecule has 1 aliphatic rings. The molecule has 0 fully saturated rings. The average molecular weight is 393 g/mol. The third-order valence-corrected chi connectivity index (χ3v) is 3.76. The van der Waals surface area contributed by atoms with E-state index in [-0.39, 0.29) is 12.5 Å². The molecule has 10 heteroatoms. The van der Waals surface area contributed by atoms with Crippen molar-refractivity contribution < 1.29 is 32.2 Å². The Labute approximate surface area is 157 Å². The van der Waals surface area contributed by atoms with E-state index in [0.29, 0.717) is 28.3 Å². The molecule has 0 saturated carbocycles. The van der Waals surface area contributed by atoms with Crippen molar-refractivity contribution in [3.8, 4) is 11.5 Å². The van der Waals surface area contributed by atoms with Crippen molar-refractivity contribution in [1.82, 2.24) is 5.43 Å². The Balaban J connectivity index is 1.69. The molecule has 1 aliphatic heterocycles. The lowest BCUT2D eigenvalue weighted by atomic mass is 10.1. The van der Waals surface area contributed by atoms with Gasteiger partial charge in [-0.2, -0.15) is 18.3 Å². The zero-order valence-corrected chi connectivity index (χ0v) is 14.5. The van der Waals surface area contributed by atoms with Gasteiger partial charge >= 0.3 is 12.1 Å². The van der Waals surface area contributed by atoms with E-state index in [1.165, 1.54) is 24.3 Å². The van der Waals surface area contributed by atoms with Gasteiger partial charge in [-0.3, -0.25) is 9.59 Å². The third kappa shape index (κ3) is 4.40. The van der Waals surface area contributed by atoms with Crippen molar-refractivity contribution in [3.05, 3.63) is 53.6 Å². The minimum Gasteiger partial charge on any atom is -0.454 e. The van der Waals surface area contributed by atoms with Crippen LogP contribution in [0.1, 0.15) is 22.8 Å². The van der Waals surface area contributed by atoms with Crippen LogP contribution < -0.4 is 20.2 Å². The fourth-order valence-corrected chi connectivity index (χ4v) is 2.33. The number of alkyl halides is 3. The normalized spacial score (nSPS) is 13.2. The molecule has 7 nitrogen and oxygen atoms in total. The molecule has 0 aliphatic carbocycles. The molecule has 0 atom stereocenters. The summed E-state index contributed by atoms with van der Waals surface area (Å²) in [6.45, 7) is 1.64. The molecule has 1 heterocycles. The van der Waals surface area contributed by atoms with Crippen LogP contribution in [0.5, 0.6) is 11.5 Å². The topological polar surface area (TPSA) is 89.0 Å². The van der Waals surface area contributed by atoms with Crippen molar-refractivity contribution >= 4 is 23.2 Å². The number of fused-ring (bicyclic) bond motifs is 1. The maximum Gasteiger partial charge on any atom is 0.471 e. The van der Waals surface area contributed by atoms with Crippen LogP contribution in [0.2, 0.25) is 0 Å². The minimum atomic E-state index is -4.99. The maximum absolute atomic E-state index is 12.3. The highest BCUT2D eigenvalue weighted by molar-refractivity contribution is 6.02. The Bertz CT molecular complexity index is 957. The number of carbonyl (C=O) groups is 2. The van der Waals surface area contributed by atoms with E-state index >= 15 is 0 Å². The van der Waals surface area contributed by atoms with Gasteiger partial charge in [0.1, 0.15) is 0 Å². The zero-order valence-electron chi connectivity index (χ0n) is 14.5. The van der Waals surface area contributed by atoms with Crippen LogP contribution in [0.25, 0.3) is 0 Å². The van der Waals surface area contributed by atoms with Crippen LogP contribution in [-0.4, -0.2) is 30.5 Å². The lowest BCUT2D eigenvalue weighted by Gasteiger charge is -2.09. The van der Waals surface area contributed by atoms with Gasteiger partial charge in [0.2, 0.25) is 6.79 Å². The van der Waals surface area contributed by atoms with E-state index in [4.69, 9.17) is 9.47 Å². The number of rotatable bonds is 4. The highest BCUT2D eigenvalue weighted by Crippen LogP contribution is 2.32. The molecule has 146 valence electrons. The summed E-state index contributed by atoms with van der Waals surface area (Å²) in [5, 5.41) is 5.70. The summed E-state index contributed by atoms with van der Waals surface area (Å²) >= 11 is 0. The second-order valence-electron chi connectivity index (χ2n) is 5.74. The number of carbonyl (C=O) groups excluding carboxylic acids is 2. The smallest absolute Gasteiger partial charge is 0.454 e. The molecule has 0 spiro atoms. The summed E-state index contributed by atoms with van der Waals surface area (Å²) < 4.78 is 47.4. The molecule has 2 amide bonds. The van der Waals surface area contributed by atoms with Crippen LogP contribution in [0, 0.1) is 0 Å². The van der Waals surface area contributed by atoms with Gasteiger partial charge in [0.15, 0.2) is 11.5 Å². The number of amides is 2. The quantitative estimate of drug-likeness (QED) is 0.617. The van der Waals surface area contributed by atoms with E-state index in [1.807, 2.05) is 0 Å². The summed E-state index contributed by atoms with van der Waals surface area (Å²) in [6.07, 6.45) is -4.99. The van der Waals surface area contributed by atoms with Gasteiger partial charge in [-0.05, 0) is 42.8 Å². The molecule has 0 aromatic heterocycles. The van der Waals surface area contributed by atoms with Crippen molar-refractivity contribution in [2.45, 2.75) is 13.1 Å². The number of ether oxygens (including phenoxy) is 2. The minimum absolute atomic E-state index is 0.0449. The summed E-state index contributed by atoms with van der Waals surface area (Å²) in [7, 11) is 0. The molecule has 0 saturated heterocycles. The fraction of sp³-hybridized carbons (Fsp3) is 0.167. The Morgan fingerprint density at radius 1 is 1.04 bits per heavy atom. The average Bonchev–Trinajstić information content (AvgIpc) is 3.13. The maximum atomic E-state index is 12.3. The SMILES string of the molecule is C/C(=N/NC(=O)c1ccc2c(c1)OCO2)c1cccc(NC(=O)C(F)(F)F)c1. The largest absolute Gasteiger partial charge is 0.471 e. The number of nitrogens with one attached hydrogen (secondary N) is 2. The van der Waals surface area contributed by atoms with Crippen LogP contribution in [0.4, 0.5) is 18.9 Å². The van der Waals surface area contributed by atoms with E-state index < -0.39 is 18.0 Å². The molecule has 0 unspecified atom stereocenters. The number of nitrogens with zero attached hydrogens (tertiary/aromatic N) is 1. The van der Waals surface area contributed by atoms with E-state index in [2.05, 4.69) is 10.5 Å². The lowest BCUT2D eigenvalue weighted by molar-refractivity contribution is -0.167. The number of anilines is 1. The van der Waals surface area contributed by atoms with Gasteiger partial charge in [0.25, 0.3) is 5.91 Å². The number of hydrogen-bond donors (Lipinski definition) is 2. The fourth-order valence-electron chi connectivity index (χ4n) is 2.33. The first kappa shape index (κ1) is 19.2. The number of halogens is 3. The number of benzene rings is 2. The van der Waals surface area contributed by atoms with E-state index in [1.54, 1.807) is 30.4 Å². The van der Waals surface area contributed by atoms with Gasteiger partial charge in [0.05, 0.1) is 5.71 Å². The van der Waals surface area contributed by atoms with Crippen molar-refractivity contribution in [2.75, 3.05) is 12.1 Å². The first-order chi connectivity index (χ1) is 13.2. The Morgan fingerprint density at radius 3 is 2.54 bits per heavy atom. The van der Waals surface area contributed by atoms with Gasteiger partial charge in [-0.1, -0.05) is 12.1 Å². The number of hydrazone groups is 1. The van der Waals surface area contributed by atoms with Gasteiger partial charge in [-0.25, -0.2) is 5.43 Å². The molecule has 28 heavy (non-hydrogen) atoms. The van der Waals surface area contributed by atoms with Gasteiger partial charge in [-0.15, -0.1) is 0 Å². The molecule has 2 aromatic rings. The van der Waals surface area contributed by atoms with Gasteiger partial charge in [0, 0.05) is 11.3 Å². The summed E-state index contributed by atoms with van der Waals surface area (Å²) in [5.41, 5.74) is 3.36. The summed E-state index contributed by atoms with van der Waals surface area (Å²) in [6, 6.07) is 10.3. The van der Waals surface area contributed by atoms with Crippen molar-refractivity contribution in [1.29, 1.82) is 0 Å². The summed E-state index contributed by atoms with van der Waals surface area (Å²) in [5.74, 6) is -1.59. The number of hydrogen-bond acceptors (Lipinski definition) is 5. The second kappa shape index (κ2) is 7.59. The van der Waals surface area contributed by atoms with Crippen LogP contribution in [0.3, 0.4) is 0 Å². The molecule has 3 rings (SSSR count). The highest BCUT2D eigenvalue weighted by Gasteiger charge is 2.38. The molecular formula is C18H14F3N3O4. The standard InChI is InChI=1S/C18H14F3N3O4/c1-10(11-3-2-4-13(7-11)22-17(26)18(19,20)21)23-24-16(25)12-5-6-14-15(8-12)28-9-27-14/h2-8H,9H2,1H3,(H,22,26)(H,24,25)/b23-10-. The van der Waals surface area contributed by atoms with Crippen LogP contribution in [0.15, 0.2) is 47.6 Å². The predicted molar refractivity (Wildman–Crippen MR) is 93.4 cm³/mol. The molecule has 2 aromatic carbocycles. The Kier molecular flexibility index (Phi) is 5.21. The zero-order chi connectivity index (χ0) is 20.3. The molecule has 0 bridgehead atoms. The van der Waals surface area contributed by atoms with Crippen molar-refractivity contribution in [3.63, 3.8) is 0 Å². The second-order valence-corrected chi connectivity index (χ2v) is 5.74. The monoisotopic (exact) mass is 393 g/mol. The Morgan fingerprint density at radius 2 is 1.79 bits per heavy atom. The van der Waals surface area contributed by atoms with E-state index in [9.17, 15) is 22.8 Å². The van der Waals surface area contributed by atoms with Crippen LogP contribution >= 0.6 is 0 Å². The lowest BCUT2D eigenvalue weighted by Crippen LogP contribution is -2.29. The molecule has 0 radical (unpaired) electrons. The molecule has 2 N–H and O–H groups in total. The van der Waals surface area contributed by atoms with E-state index in [0.717, 1.165) is 0 Å². The first-order valence-corrected chi connectivity index (χ1v) is 7.97. The third-order valence-electron chi connectivity index (χ3n) is 3.76. The van der Waals surface area contributed by atoms with Gasteiger partial charge < -0.3 is 14.8 Å². The predicted octanol–water partition coefficient (Wildman–Crippen LogP) is 3.07. The van der Waals surface area contributed by atoms with Crippen LogP contribution in [-0.2, 0) is 4.79 Å². The van der Waals surface area contributed by atoms with Crippen molar-refractivity contribution in [2.24, 2.45) is 5.10 Å². The molecular weight excluding hydrogens is 379 g/mol. The summed E-state index contributed by atoms with van der Waals surface area (Å²) in [4.78, 5) is 23.2. The first-order valence-electron chi connectivity index (χ1n) is 7.97.